The van der Waals surface area contributed by atoms with Crippen molar-refractivity contribution in [2.45, 2.75) is 40.3 Å². The molecule has 3 amide bonds. The van der Waals surface area contributed by atoms with Gasteiger partial charge in [0.25, 0.3) is 11.8 Å². The van der Waals surface area contributed by atoms with E-state index in [0.717, 1.165) is 17.5 Å². The summed E-state index contributed by atoms with van der Waals surface area (Å²) >= 11 is 0. The van der Waals surface area contributed by atoms with Crippen LogP contribution in [0.1, 0.15) is 52.4 Å². The van der Waals surface area contributed by atoms with E-state index < -0.39 is 0 Å². The van der Waals surface area contributed by atoms with Crippen LogP contribution in [0.15, 0.2) is 30.3 Å². The second-order valence-electron chi connectivity index (χ2n) is 7.93. The quantitative estimate of drug-likeness (QED) is 0.681. The molecule has 0 atom stereocenters. The Balaban J connectivity index is 1.74. The van der Waals surface area contributed by atoms with Crippen molar-refractivity contribution < 1.29 is 14.4 Å². The standard InChI is InChI=1S/C23H31N5O3/c1-5-26(6-2)21(29)16-25(4)22(30)19-14-20-23(31)27(11-8-12-28(20)24-19)15-18-10-7-9-17(3)13-18/h7,9-10,13-14H,5-6,8,11-12,15-16H2,1-4H3. The fraction of sp³-hybridized carbons (Fsp3) is 0.478. The summed E-state index contributed by atoms with van der Waals surface area (Å²) in [5.74, 6) is -0.603. The zero-order valence-electron chi connectivity index (χ0n) is 18.8. The summed E-state index contributed by atoms with van der Waals surface area (Å²) in [6.07, 6.45) is 0.760. The number of amides is 3. The van der Waals surface area contributed by atoms with Gasteiger partial charge in [-0.15, -0.1) is 0 Å². The van der Waals surface area contributed by atoms with E-state index in [1.807, 2.05) is 39.0 Å². The molecule has 1 aromatic heterocycles. The molecule has 1 aliphatic heterocycles. The van der Waals surface area contributed by atoms with Crippen molar-refractivity contribution in [3.05, 3.63) is 52.8 Å². The summed E-state index contributed by atoms with van der Waals surface area (Å²) in [6, 6.07) is 9.66. The molecule has 0 saturated carbocycles. The molecule has 0 N–H and O–H groups in total. The van der Waals surface area contributed by atoms with Crippen LogP contribution in [-0.2, 0) is 17.9 Å². The normalized spacial score (nSPS) is 13.5. The van der Waals surface area contributed by atoms with E-state index in [2.05, 4.69) is 11.2 Å². The van der Waals surface area contributed by atoms with E-state index in [4.69, 9.17) is 0 Å². The van der Waals surface area contributed by atoms with Crippen LogP contribution in [0.4, 0.5) is 0 Å². The summed E-state index contributed by atoms with van der Waals surface area (Å²) in [7, 11) is 1.58. The first-order valence-corrected chi connectivity index (χ1v) is 10.8. The van der Waals surface area contributed by atoms with Gasteiger partial charge in [-0.25, -0.2) is 0 Å². The average Bonchev–Trinajstić information content (AvgIpc) is 3.11. The largest absolute Gasteiger partial charge is 0.342 e. The van der Waals surface area contributed by atoms with Crippen LogP contribution < -0.4 is 0 Å². The zero-order valence-corrected chi connectivity index (χ0v) is 18.8. The third-order valence-electron chi connectivity index (χ3n) is 5.59. The molecule has 0 spiro atoms. The maximum atomic E-state index is 13.2. The molecule has 1 aromatic carbocycles. The molecule has 166 valence electrons. The SMILES string of the molecule is CCN(CC)C(=O)CN(C)C(=O)c1cc2n(n1)CCCN(Cc1cccc(C)c1)C2=O. The Bertz CT molecular complexity index is 964. The van der Waals surface area contributed by atoms with Crippen molar-refractivity contribution in [1.29, 1.82) is 0 Å². The first-order valence-electron chi connectivity index (χ1n) is 10.8. The van der Waals surface area contributed by atoms with Gasteiger partial charge in [0, 0.05) is 45.8 Å². The predicted molar refractivity (Wildman–Crippen MR) is 118 cm³/mol. The molecule has 0 saturated heterocycles. The van der Waals surface area contributed by atoms with E-state index in [9.17, 15) is 14.4 Å². The van der Waals surface area contributed by atoms with Gasteiger partial charge in [0.2, 0.25) is 5.91 Å². The number of carbonyl (C=O) groups excluding carboxylic acids is 3. The topological polar surface area (TPSA) is 78.8 Å². The minimum atomic E-state index is -0.362. The van der Waals surface area contributed by atoms with E-state index in [1.165, 1.54) is 4.90 Å². The molecule has 0 aliphatic carbocycles. The van der Waals surface area contributed by atoms with E-state index in [-0.39, 0.29) is 30.0 Å². The molecular formula is C23H31N5O3. The lowest BCUT2D eigenvalue weighted by atomic mass is 10.1. The summed E-state index contributed by atoms with van der Waals surface area (Å²) in [5.41, 5.74) is 2.83. The molecule has 0 fully saturated rings. The molecule has 0 radical (unpaired) electrons. The Hall–Kier alpha value is -3.16. The van der Waals surface area contributed by atoms with Gasteiger partial charge in [0.05, 0.1) is 6.54 Å². The Morgan fingerprint density at radius 2 is 1.87 bits per heavy atom. The predicted octanol–water partition coefficient (Wildman–Crippen LogP) is 2.18. The van der Waals surface area contributed by atoms with Crippen molar-refractivity contribution in [2.75, 3.05) is 33.2 Å². The highest BCUT2D eigenvalue weighted by atomic mass is 16.2. The van der Waals surface area contributed by atoms with Crippen LogP contribution >= 0.6 is 0 Å². The summed E-state index contributed by atoms with van der Waals surface area (Å²) in [4.78, 5) is 43.2. The Morgan fingerprint density at radius 3 is 2.55 bits per heavy atom. The molecule has 31 heavy (non-hydrogen) atoms. The highest BCUT2D eigenvalue weighted by Crippen LogP contribution is 2.18. The van der Waals surface area contributed by atoms with Gasteiger partial charge < -0.3 is 14.7 Å². The van der Waals surface area contributed by atoms with Gasteiger partial charge in [0.15, 0.2) is 5.69 Å². The fourth-order valence-electron chi connectivity index (χ4n) is 3.87. The number of benzene rings is 1. The lowest BCUT2D eigenvalue weighted by molar-refractivity contribution is -0.131. The van der Waals surface area contributed by atoms with Crippen molar-refractivity contribution >= 4 is 17.7 Å². The molecule has 2 aromatic rings. The number of hydrogen-bond donors (Lipinski definition) is 0. The van der Waals surface area contributed by atoms with Crippen molar-refractivity contribution in [1.82, 2.24) is 24.5 Å². The number of likely N-dealkylation sites (N-methyl/N-ethyl adjacent to an activating group) is 2. The molecule has 0 bridgehead atoms. The van der Waals surface area contributed by atoms with Gasteiger partial charge in [-0.1, -0.05) is 29.8 Å². The second-order valence-corrected chi connectivity index (χ2v) is 7.93. The molecule has 2 heterocycles. The Labute approximate surface area is 183 Å². The van der Waals surface area contributed by atoms with E-state index in [0.29, 0.717) is 38.4 Å². The van der Waals surface area contributed by atoms with Crippen LogP contribution in [-0.4, -0.2) is 75.4 Å². The molecule has 1 aliphatic rings. The monoisotopic (exact) mass is 425 g/mol. The first-order chi connectivity index (χ1) is 14.8. The van der Waals surface area contributed by atoms with Crippen molar-refractivity contribution in [3.8, 4) is 0 Å². The summed E-state index contributed by atoms with van der Waals surface area (Å²) in [5, 5.41) is 4.38. The molecular weight excluding hydrogens is 394 g/mol. The highest BCUT2D eigenvalue weighted by Gasteiger charge is 2.28. The van der Waals surface area contributed by atoms with Gasteiger partial charge in [-0.05, 0) is 32.8 Å². The van der Waals surface area contributed by atoms with Gasteiger partial charge in [0.1, 0.15) is 5.69 Å². The lowest BCUT2D eigenvalue weighted by Crippen LogP contribution is -2.41. The zero-order chi connectivity index (χ0) is 22.5. The van der Waals surface area contributed by atoms with Crippen LogP contribution in [0, 0.1) is 6.92 Å². The van der Waals surface area contributed by atoms with Gasteiger partial charge >= 0.3 is 0 Å². The smallest absolute Gasteiger partial charge is 0.274 e. The number of aromatic nitrogens is 2. The summed E-state index contributed by atoms with van der Waals surface area (Å²) < 4.78 is 1.62. The number of nitrogens with zero attached hydrogens (tertiary/aromatic N) is 5. The maximum Gasteiger partial charge on any atom is 0.274 e. The maximum absolute atomic E-state index is 13.2. The Kier molecular flexibility index (Phi) is 7.09. The number of carbonyl (C=O) groups is 3. The minimum Gasteiger partial charge on any atom is -0.342 e. The van der Waals surface area contributed by atoms with E-state index in [1.54, 1.807) is 27.6 Å². The average molecular weight is 426 g/mol. The van der Waals surface area contributed by atoms with Gasteiger partial charge in [-0.3, -0.25) is 19.1 Å². The Morgan fingerprint density at radius 1 is 1.13 bits per heavy atom. The summed E-state index contributed by atoms with van der Waals surface area (Å²) in [6.45, 7) is 8.75. The number of rotatable bonds is 7. The van der Waals surface area contributed by atoms with Crippen LogP contribution in [0.25, 0.3) is 0 Å². The lowest BCUT2D eigenvalue weighted by Gasteiger charge is -2.22. The third kappa shape index (κ3) is 5.13. The fourth-order valence-corrected chi connectivity index (χ4v) is 3.87. The molecule has 8 heteroatoms. The van der Waals surface area contributed by atoms with Crippen molar-refractivity contribution in [2.24, 2.45) is 0 Å². The van der Waals surface area contributed by atoms with E-state index >= 15 is 0 Å². The van der Waals surface area contributed by atoms with Crippen LogP contribution in [0.5, 0.6) is 0 Å². The second kappa shape index (κ2) is 9.76. The molecule has 3 rings (SSSR count). The number of fused-ring (bicyclic) bond motifs is 1. The van der Waals surface area contributed by atoms with Crippen LogP contribution in [0.3, 0.4) is 0 Å². The van der Waals surface area contributed by atoms with Crippen molar-refractivity contribution in [3.63, 3.8) is 0 Å². The molecule has 0 unspecified atom stereocenters. The number of aryl methyl sites for hydroxylation is 2. The van der Waals surface area contributed by atoms with Gasteiger partial charge in [-0.2, -0.15) is 5.10 Å². The molecule has 8 nitrogen and oxygen atoms in total. The highest BCUT2D eigenvalue weighted by molar-refractivity contribution is 5.99. The number of hydrogen-bond acceptors (Lipinski definition) is 4. The first kappa shape index (κ1) is 22.5. The van der Waals surface area contributed by atoms with Crippen LogP contribution in [0.2, 0.25) is 0 Å². The minimum absolute atomic E-state index is 0.0177. The third-order valence-corrected chi connectivity index (χ3v) is 5.59.